The molecule has 0 radical (unpaired) electrons. The van der Waals surface area contributed by atoms with Gasteiger partial charge in [-0.25, -0.2) is 0 Å². The van der Waals surface area contributed by atoms with Crippen molar-refractivity contribution in [1.29, 1.82) is 0 Å². The molecule has 0 aliphatic rings. The van der Waals surface area contributed by atoms with Gasteiger partial charge in [-0.3, -0.25) is 9.36 Å². The Hall–Kier alpha value is -3.47. The SMILES string of the molecule is O=C(Nc1ccc2ccccc2c1)C(c1csc2ccc(Cl)cc12)P(=O)(O)CCCc1cccc2ccccc12. The van der Waals surface area contributed by atoms with Gasteiger partial charge in [-0.05, 0) is 86.6 Å². The molecule has 0 fully saturated rings. The molecule has 2 N–H and O–H groups in total. The standard InChI is InChI=1S/C33H27ClNO3PS/c34-26-15-17-31-29(20-26)30(21-40-31)32(33(36)35-27-16-14-22-7-1-2-9-25(22)19-27)39(37,38)18-6-12-24-11-5-10-23-8-3-4-13-28(23)24/h1-5,7-11,13-17,19-21,32H,6,12,18H2,(H,35,36)(H,37,38). The van der Waals surface area contributed by atoms with Gasteiger partial charge in [0.15, 0.2) is 0 Å². The summed E-state index contributed by atoms with van der Waals surface area (Å²) >= 11 is 7.75. The van der Waals surface area contributed by atoms with Crippen molar-refractivity contribution >= 4 is 73.5 Å². The summed E-state index contributed by atoms with van der Waals surface area (Å²) in [6, 6.07) is 33.2. The summed E-state index contributed by atoms with van der Waals surface area (Å²) in [5.74, 6) is -0.494. The Morgan fingerprint density at radius 1 is 0.850 bits per heavy atom. The number of carbonyl (C=O) groups is 1. The van der Waals surface area contributed by atoms with E-state index < -0.39 is 18.9 Å². The third-order valence-corrected chi connectivity index (χ3v) is 10.8. The number of hydrogen-bond acceptors (Lipinski definition) is 3. The fourth-order valence-corrected chi connectivity index (χ4v) is 8.58. The van der Waals surface area contributed by atoms with Crippen LogP contribution in [0.4, 0.5) is 5.69 Å². The smallest absolute Gasteiger partial charge is 0.241 e. The molecule has 0 aliphatic heterocycles. The van der Waals surface area contributed by atoms with Crippen molar-refractivity contribution in [2.75, 3.05) is 11.5 Å². The molecule has 0 bridgehead atoms. The van der Waals surface area contributed by atoms with Crippen molar-refractivity contribution in [2.45, 2.75) is 18.5 Å². The normalized spacial score (nSPS) is 13.8. The lowest BCUT2D eigenvalue weighted by atomic mass is 10.0. The number of rotatable bonds is 8. The summed E-state index contributed by atoms with van der Waals surface area (Å²) in [5, 5.41) is 10.3. The van der Waals surface area contributed by atoms with Gasteiger partial charge in [0.1, 0.15) is 5.66 Å². The quantitative estimate of drug-likeness (QED) is 0.175. The summed E-state index contributed by atoms with van der Waals surface area (Å²) in [6.45, 7) is 0. The lowest BCUT2D eigenvalue weighted by molar-refractivity contribution is -0.116. The second-order valence-corrected chi connectivity index (χ2v) is 13.8. The molecule has 7 heteroatoms. The molecule has 0 spiro atoms. The Morgan fingerprint density at radius 2 is 1.60 bits per heavy atom. The fourth-order valence-electron chi connectivity index (χ4n) is 5.39. The van der Waals surface area contributed by atoms with E-state index in [0.717, 1.165) is 37.2 Å². The van der Waals surface area contributed by atoms with E-state index in [-0.39, 0.29) is 6.16 Å². The zero-order valence-corrected chi connectivity index (χ0v) is 24.1. The fraction of sp³-hybridized carbons (Fsp3) is 0.121. The molecular formula is C33H27ClNO3PS. The summed E-state index contributed by atoms with van der Waals surface area (Å²) in [5.41, 5.74) is 1.03. The molecule has 1 amide bonds. The van der Waals surface area contributed by atoms with Crippen molar-refractivity contribution < 1.29 is 14.3 Å². The Morgan fingerprint density at radius 3 is 2.45 bits per heavy atom. The number of halogens is 1. The predicted octanol–water partition coefficient (Wildman–Crippen LogP) is 9.44. The molecule has 5 aromatic carbocycles. The molecule has 2 unspecified atom stereocenters. The third-order valence-electron chi connectivity index (χ3n) is 7.33. The first-order valence-electron chi connectivity index (χ1n) is 13.1. The van der Waals surface area contributed by atoms with Crippen molar-refractivity contribution in [1.82, 2.24) is 0 Å². The number of benzene rings is 5. The monoisotopic (exact) mass is 583 g/mol. The molecule has 1 aromatic heterocycles. The summed E-state index contributed by atoms with van der Waals surface area (Å²) in [4.78, 5) is 25.4. The van der Waals surface area contributed by atoms with Crippen molar-refractivity contribution in [3.05, 3.63) is 125 Å². The average Bonchev–Trinajstić information content (AvgIpc) is 3.35. The summed E-state index contributed by atoms with van der Waals surface area (Å²) < 4.78 is 15.0. The first-order chi connectivity index (χ1) is 19.4. The largest absolute Gasteiger partial charge is 0.343 e. The minimum Gasteiger partial charge on any atom is -0.343 e. The number of nitrogens with one attached hydrogen (secondary N) is 1. The highest BCUT2D eigenvalue weighted by atomic mass is 35.5. The lowest BCUT2D eigenvalue weighted by Crippen LogP contribution is -2.22. The zero-order chi connectivity index (χ0) is 27.7. The molecule has 1 heterocycles. The molecule has 2 atom stereocenters. The van der Waals surface area contributed by atoms with E-state index in [0.29, 0.717) is 29.1 Å². The van der Waals surface area contributed by atoms with Crippen LogP contribution in [0, 0.1) is 0 Å². The van der Waals surface area contributed by atoms with Gasteiger partial charge < -0.3 is 10.2 Å². The minimum atomic E-state index is -4.00. The Balaban J connectivity index is 1.31. The molecule has 40 heavy (non-hydrogen) atoms. The molecule has 6 aromatic rings. The van der Waals surface area contributed by atoms with E-state index in [2.05, 4.69) is 29.6 Å². The topological polar surface area (TPSA) is 66.4 Å². The molecule has 200 valence electrons. The van der Waals surface area contributed by atoms with Crippen LogP contribution in [-0.4, -0.2) is 17.0 Å². The van der Waals surface area contributed by atoms with Gasteiger partial charge in [0.2, 0.25) is 13.3 Å². The van der Waals surface area contributed by atoms with E-state index in [1.807, 2.05) is 72.1 Å². The second kappa shape index (κ2) is 11.2. The average molecular weight is 584 g/mol. The molecule has 4 nitrogen and oxygen atoms in total. The van der Waals surface area contributed by atoms with Gasteiger partial charge in [-0.2, -0.15) is 0 Å². The van der Waals surface area contributed by atoms with Gasteiger partial charge >= 0.3 is 0 Å². The van der Waals surface area contributed by atoms with Crippen LogP contribution in [0.15, 0.2) is 109 Å². The maximum Gasteiger partial charge on any atom is 0.241 e. The molecule has 0 saturated carbocycles. The van der Waals surface area contributed by atoms with E-state index in [1.165, 1.54) is 11.3 Å². The molecule has 0 saturated heterocycles. The molecule has 6 rings (SSSR count). The zero-order valence-electron chi connectivity index (χ0n) is 21.6. The molecule has 0 aliphatic carbocycles. The highest BCUT2D eigenvalue weighted by Crippen LogP contribution is 2.58. The van der Waals surface area contributed by atoms with Crippen LogP contribution in [0.1, 0.15) is 23.2 Å². The maximum atomic E-state index is 14.1. The highest BCUT2D eigenvalue weighted by molar-refractivity contribution is 7.59. The number of thiophene rings is 1. The Bertz CT molecular complexity index is 1910. The van der Waals surface area contributed by atoms with Crippen LogP contribution in [0.25, 0.3) is 31.6 Å². The summed E-state index contributed by atoms with van der Waals surface area (Å²) in [6.07, 6.45) is 1.13. The second-order valence-electron chi connectivity index (χ2n) is 10.0. The van der Waals surface area contributed by atoms with E-state index in [9.17, 15) is 14.3 Å². The van der Waals surface area contributed by atoms with Crippen LogP contribution in [0.3, 0.4) is 0 Å². The first kappa shape index (κ1) is 26.7. The third kappa shape index (κ3) is 5.43. The van der Waals surface area contributed by atoms with Crippen LogP contribution in [0.5, 0.6) is 0 Å². The number of anilines is 1. The Kier molecular flexibility index (Phi) is 7.48. The lowest BCUT2D eigenvalue weighted by Gasteiger charge is -2.23. The van der Waals surface area contributed by atoms with Gasteiger partial charge in [-0.15, -0.1) is 11.3 Å². The van der Waals surface area contributed by atoms with E-state index in [1.54, 1.807) is 12.1 Å². The number of fused-ring (bicyclic) bond motifs is 3. The van der Waals surface area contributed by atoms with Crippen molar-refractivity contribution in [3.63, 3.8) is 0 Å². The van der Waals surface area contributed by atoms with Crippen LogP contribution in [-0.2, 0) is 15.8 Å². The van der Waals surface area contributed by atoms with Gasteiger partial charge in [0.25, 0.3) is 0 Å². The minimum absolute atomic E-state index is 0.0178. The predicted molar refractivity (Wildman–Crippen MR) is 169 cm³/mol. The first-order valence-corrected chi connectivity index (χ1v) is 16.3. The van der Waals surface area contributed by atoms with E-state index in [4.69, 9.17) is 11.6 Å². The van der Waals surface area contributed by atoms with Crippen molar-refractivity contribution in [3.8, 4) is 0 Å². The highest BCUT2D eigenvalue weighted by Gasteiger charge is 2.39. The number of amides is 1. The summed E-state index contributed by atoms with van der Waals surface area (Å²) in [7, 11) is -4.00. The van der Waals surface area contributed by atoms with Crippen LogP contribution >= 0.6 is 30.3 Å². The van der Waals surface area contributed by atoms with Crippen molar-refractivity contribution in [2.24, 2.45) is 0 Å². The number of hydrogen-bond donors (Lipinski definition) is 2. The van der Waals surface area contributed by atoms with E-state index >= 15 is 0 Å². The number of aryl methyl sites for hydroxylation is 1. The number of carbonyl (C=O) groups excluding carboxylic acids is 1. The van der Waals surface area contributed by atoms with Gasteiger partial charge in [-0.1, -0.05) is 84.4 Å². The Labute approximate surface area is 241 Å². The van der Waals surface area contributed by atoms with Crippen LogP contribution in [0.2, 0.25) is 5.02 Å². The van der Waals surface area contributed by atoms with Crippen LogP contribution < -0.4 is 5.32 Å². The van der Waals surface area contributed by atoms with Gasteiger partial charge in [0, 0.05) is 21.6 Å². The maximum absolute atomic E-state index is 14.1. The van der Waals surface area contributed by atoms with Gasteiger partial charge in [0.05, 0.1) is 0 Å². The molecular weight excluding hydrogens is 557 g/mol.